The van der Waals surface area contributed by atoms with E-state index in [9.17, 15) is 8.78 Å². The van der Waals surface area contributed by atoms with Crippen LogP contribution < -0.4 is 4.74 Å². The van der Waals surface area contributed by atoms with Gasteiger partial charge in [0, 0.05) is 10.7 Å². The molecule has 1 aliphatic carbocycles. The number of benzene rings is 1. The first-order chi connectivity index (χ1) is 7.17. The Morgan fingerprint density at radius 2 is 1.87 bits per heavy atom. The van der Waals surface area contributed by atoms with Gasteiger partial charge in [-0.05, 0) is 25.0 Å². The highest BCUT2D eigenvalue weighted by Gasteiger charge is 2.42. The van der Waals surface area contributed by atoms with Crippen LogP contribution in [0, 0.1) is 17.0 Å². The highest BCUT2D eigenvalue weighted by molar-refractivity contribution is 9.09. The van der Waals surface area contributed by atoms with Crippen molar-refractivity contribution in [2.45, 2.75) is 12.8 Å². The molecular weight excluding hydrogens is 266 g/mol. The lowest BCUT2D eigenvalue weighted by molar-refractivity contribution is 0.230. The molecule has 15 heavy (non-hydrogen) atoms. The zero-order chi connectivity index (χ0) is 10.9. The monoisotopic (exact) mass is 276 g/mol. The van der Waals surface area contributed by atoms with Crippen LogP contribution in [-0.4, -0.2) is 11.9 Å². The Hall–Kier alpha value is -0.640. The van der Waals surface area contributed by atoms with Crippen LogP contribution in [0.3, 0.4) is 0 Å². The van der Waals surface area contributed by atoms with Gasteiger partial charge < -0.3 is 4.74 Å². The summed E-state index contributed by atoms with van der Waals surface area (Å²) < 4.78 is 31.6. The number of rotatable bonds is 4. The van der Waals surface area contributed by atoms with Gasteiger partial charge in [0.1, 0.15) is 0 Å². The van der Waals surface area contributed by atoms with E-state index in [0.29, 0.717) is 6.61 Å². The van der Waals surface area contributed by atoms with E-state index in [-0.39, 0.29) is 11.2 Å². The van der Waals surface area contributed by atoms with Gasteiger partial charge in [0.25, 0.3) is 0 Å². The van der Waals surface area contributed by atoms with E-state index in [2.05, 4.69) is 15.9 Å². The quantitative estimate of drug-likeness (QED) is 0.765. The standard InChI is InChI=1S/C11H11BrF2O/c12-6-11(4-5-11)7-15-10-8(13)2-1-3-9(10)14/h1-3H,4-7H2. The van der Waals surface area contributed by atoms with Crippen LogP contribution in [0.5, 0.6) is 5.75 Å². The summed E-state index contributed by atoms with van der Waals surface area (Å²) in [4.78, 5) is 0. The third kappa shape index (κ3) is 2.30. The van der Waals surface area contributed by atoms with Gasteiger partial charge in [0.15, 0.2) is 17.4 Å². The van der Waals surface area contributed by atoms with Crippen LogP contribution in [-0.2, 0) is 0 Å². The van der Waals surface area contributed by atoms with Crippen molar-refractivity contribution in [1.82, 2.24) is 0 Å². The first-order valence-corrected chi connectivity index (χ1v) is 5.92. The number of hydrogen-bond donors (Lipinski definition) is 0. The Labute approximate surface area is 95.6 Å². The number of hydrogen-bond acceptors (Lipinski definition) is 1. The molecule has 0 heterocycles. The lowest BCUT2D eigenvalue weighted by atomic mass is 10.2. The van der Waals surface area contributed by atoms with Gasteiger partial charge in [-0.15, -0.1) is 0 Å². The van der Waals surface area contributed by atoms with Crippen molar-refractivity contribution < 1.29 is 13.5 Å². The molecule has 0 bridgehead atoms. The highest BCUT2D eigenvalue weighted by atomic mass is 79.9. The minimum absolute atomic E-state index is 0.0920. The SMILES string of the molecule is Fc1cccc(F)c1OCC1(CBr)CC1. The van der Waals surface area contributed by atoms with Gasteiger partial charge in [-0.25, -0.2) is 8.78 Å². The van der Waals surface area contributed by atoms with E-state index in [1.54, 1.807) is 0 Å². The Kier molecular flexibility index (Phi) is 2.96. The molecule has 0 radical (unpaired) electrons. The molecule has 0 spiro atoms. The van der Waals surface area contributed by atoms with Gasteiger partial charge in [0.2, 0.25) is 0 Å². The Bertz CT molecular complexity index is 343. The Morgan fingerprint density at radius 1 is 1.27 bits per heavy atom. The highest BCUT2D eigenvalue weighted by Crippen LogP contribution is 2.47. The van der Waals surface area contributed by atoms with Gasteiger partial charge in [-0.2, -0.15) is 0 Å². The van der Waals surface area contributed by atoms with Crippen molar-refractivity contribution in [3.8, 4) is 5.75 Å². The third-order valence-electron chi connectivity index (χ3n) is 2.68. The van der Waals surface area contributed by atoms with Crippen LogP contribution in [0.2, 0.25) is 0 Å². The predicted molar refractivity (Wildman–Crippen MR) is 57.3 cm³/mol. The first kappa shape index (κ1) is 10.9. The minimum Gasteiger partial charge on any atom is -0.487 e. The smallest absolute Gasteiger partial charge is 0.190 e. The zero-order valence-corrected chi connectivity index (χ0v) is 9.69. The number of alkyl halides is 1. The molecule has 0 N–H and O–H groups in total. The van der Waals surface area contributed by atoms with Gasteiger partial charge in [0.05, 0.1) is 6.61 Å². The maximum absolute atomic E-state index is 13.2. The molecule has 1 saturated carbocycles. The molecule has 0 amide bonds. The van der Waals surface area contributed by atoms with E-state index in [1.807, 2.05) is 0 Å². The summed E-state index contributed by atoms with van der Waals surface area (Å²) in [5.74, 6) is -1.54. The summed E-state index contributed by atoms with van der Waals surface area (Å²) in [7, 11) is 0. The number of ether oxygens (including phenoxy) is 1. The molecule has 2 rings (SSSR count). The molecule has 1 aromatic rings. The molecule has 0 atom stereocenters. The maximum atomic E-state index is 13.2. The van der Waals surface area contributed by atoms with Gasteiger partial charge in [-0.3, -0.25) is 0 Å². The van der Waals surface area contributed by atoms with Crippen molar-refractivity contribution in [3.05, 3.63) is 29.8 Å². The van der Waals surface area contributed by atoms with Crippen LogP contribution in [0.25, 0.3) is 0 Å². The fourth-order valence-corrected chi connectivity index (χ4v) is 2.06. The van der Waals surface area contributed by atoms with Crippen molar-refractivity contribution in [1.29, 1.82) is 0 Å². The summed E-state index contributed by atoms with van der Waals surface area (Å²) in [6, 6.07) is 3.73. The Balaban J connectivity index is 2.05. The van der Waals surface area contributed by atoms with Crippen LogP contribution in [0.4, 0.5) is 8.78 Å². The molecule has 1 aliphatic rings. The van der Waals surface area contributed by atoms with Gasteiger partial charge >= 0.3 is 0 Å². The Morgan fingerprint density at radius 3 is 2.33 bits per heavy atom. The molecular formula is C11H11BrF2O. The van der Waals surface area contributed by atoms with E-state index < -0.39 is 11.6 Å². The first-order valence-electron chi connectivity index (χ1n) is 4.80. The summed E-state index contributed by atoms with van der Waals surface area (Å²) >= 11 is 3.38. The van der Waals surface area contributed by atoms with Crippen molar-refractivity contribution in [3.63, 3.8) is 0 Å². The molecule has 0 aromatic heterocycles. The summed E-state index contributed by atoms with van der Waals surface area (Å²) in [6.45, 7) is 0.371. The zero-order valence-electron chi connectivity index (χ0n) is 8.10. The third-order valence-corrected chi connectivity index (χ3v) is 3.87. The summed E-state index contributed by atoms with van der Waals surface area (Å²) in [5, 5.41) is 0.816. The second-order valence-corrected chi connectivity index (χ2v) is 4.53. The lowest BCUT2D eigenvalue weighted by Gasteiger charge is -2.13. The molecule has 0 aliphatic heterocycles. The molecule has 0 unspecified atom stereocenters. The second-order valence-electron chi connectivity index (χ2n) is 3.97. The van der Waals surface area contributed by atoms with Crippen LogP contribution in [0.1, 0.15) is 12.8 Å². The maximum Gasteiger partial charge on any atom is 0.190 e. The van der Waals surface area contributed by atoms with Crippen LogP contribution >= 0.6 is 15.9 Å². The van der Waals surface area contributed by atoms with Crippen molar-refractivity contribution >= 4 is 15.9 Å². The predicted octanol–water partition coefficient (Wildman–Crippen LogP) is 3.52. The molecule has 1 fully saturated rings. The summed E-state index contributed by atoms with van der Waals surface area (Å²) in [5.41, 5.74) is 0.0920. The average Bonchev–Trinajstić information content (AvgIpc) is 2.98. The molecule has 82 valence electrons. The van der Waals surface area contributed by atoms with Crippen molar-refractivity contribution in [2.75, 3.05) is 11.9 Å². The normalized spacial score (nSPS) is 17.5. The fraction of sp³-hybridized carbons (Fsp3) is 0.455. The summed E-state index contributed by atoms with van der Waals surface area (Å²) in [6.07, 6.45) is 2.10. The van der Waals surface area contributed by atoms with E-state index in [0.717, 1.165) is 18.2 Å². The number of para-hydroxylation sites is 1. The molecule has 1 aromatic carbocycles. The number of halogens is 3. The van der Waals surface area contributed by atoms with Crippen LogP contribution in [0.15, 0.2) is 18.2 Å². The van der Waals surface area contributed by atoms with E-state index in [1.165, 1.54) is 18.2 Å². The molecule has 1 nitrogen and oxygen atoms in total. The lowest BCUT2D eigenvalue weighted by Crippen LogP contribution is -2.15. The second kappa shape index (κ2) is 4.08. The van der Waals surface area contributed by atoms with E-state index >= 15 is 0 Å². The average molecular weight is 277 g/mol. The van der Waals surface area contributed by atoms with E-state index in [4.69, 9.17) is 4.74 Å². The van der Waals surface area contributed by atoms with Crippen molar-refractivity contribution in [2.24, 2.45) is 5.41 Å². The molecule has 4 heteroatoms. The minimum atomic E-state index is -0.639. The topological polar surface area (TPSA) is 9.23 Å². The van der Waals surface area contributed by atoms with Gasteiger partial charge in [-0.1, -0.05) is 22.0 Å². The fourth-order valence-electron chi connectivity index (χ4n) is 1.34. The largest absolute Gasteiger partial charge is 0.487 e. The molecule has 0 saturated heterocycles.